The summed E-state index contributed by atoms with van der Waals surface area (Å²) in [7, 11) is 0. The van der Waals surface area contributed by atoms with Crippen LogP contribution in [0.5, 0.6) is 0 Å². The van der Waals surface area contributed by atoms with E-state index < -0.39 is 0 Å². The summed E-state index contributed by atoms with van der Waals surface area (Å²) in [6.07, 6.45) is 4.71. The molecule has 0 atom stereocenters. The SMILES string of the molecule is CCCNc1ncc(Cn2cc(Br)cc(C)c2=O)s1. The van der Waals surface area contributed by atoms with Crippen LogP contribution in [0.4, 0.5) is 5.13 Å². The van der Waals surface area contributed by atoms with Gasteiger partial charge in [0.15, 0.2) is 5.13 Å². The van der Waals surface area contributed by atoms with Crippen molar-refractivity contribution in [3.63, 3.8) is 0 Å². The number of aromatic nitrogens is 2. The molecule has 4 nitrogen and oxygen atoms in total. The molecular weight excluding hydrogens is 326 g/mol. The molecule has 0 saturated carbocycles. The molecule has 0 aliphatic heterocycles. The highest BCUT2D eigenvalue weighted by Gasteiger charge is 2.06. The molecule has 0 aliphatic carbocycles. The van der Waals surface area contributed by atoms with Gasteiger partial charge in [-0.05, 0) is 35.3 Å². The molecule has 1 N–H and O–H groups in total. The monoisotopic (exact) mass is 341 g/mol. The van der Waals surface area contributed by atoms with E-state index in [0.29, 0.717) is 6.54 Å². The van der Waals surface area contributed by atoms with Gasteiger partial charge in [0.25, 0.3) is 5.56 Å². The van der Waals surface area contributed by atoms with Crippen LogP contribution in [0.3, 0.4) is 0 Å². The standard InChI is InChI=1S/C13H16BrN3OS/c1-3-4-15-13-16-6-11(19-13)8-17-7-10(14)5-9(2)12(17)18/h5-7H,3-4,8H2,1-2H3,(H,15,16). The fourth-order valence-electron chi connectivity index (χ4n) is 1.72. The van der Waals surface area contributed by atoms with Crippen molar-refractivity contribution >= 4 is 32.4 Å². The minimum absolute atomic E-state index is 0.0414. The van der Waals surface area contributed by atoms with E-state index >= 15 is 0 Å². The third-order valence-corrected chi connectivity index (χ3v) is 4.01. The van der Waals surface area contributed by atoms with E-state index in [1.807, 2.05) is 25.4 Å². The van der Waals surface area contributed by atoms with Crippen molar-refractivity contribution in [1.82, 2.24) is 9.55 Å². The number of hydrogen-bond donors (Lipinski definition) is 1. The van der Waals surface area contributed by atoms with Gasteiger partial charge in [-0.3, -0.25) is 4.79 Å². The number of hydrogen-bond acceptors (Lipinski definition) is 4. The largest absolute Gasteiger partial charge is 0.362 e. The highest BCUT2D eigenvalue weighted by atomic mass is 79.9. The Labute approximate surface area is 124 Å². The van der Waals surface area contributed by atoms with Crippen molar-refractivity contribution in [2.45, 2.75) is 26.8 Å². The summed E-state index contributed by atoms with van der Waals surface area (Å²) in [6, 6.07) is 1.83. The molecule has 0 amide bonds. The lowest BCUT2D eigenvalue weighted by molar-refractivity contribution is 0.757. The molecule has 0 saturated heterocycles. The molecule has 0 bridgehead atoms. The molecule has 0 aromatic carbocycles. The number of rotatable bonds is 5. The predicted molar refractivity (Wildman–Crippen MR) is 83.1 cm³/mol. The minimum atomic E-state index is 0.0414. The van der Waals surface area contributed by atoms with Crippen LogP contribution in [-0.2, 0) is 6.54 Å². The van der Waals surface area contributed by atoms with Crippen LogP contribution in [0, 0.1) is 6.92 Å². The summed E-state index contributed by atoms with van der Waals surface area (Å²) in [5.41, 5.74) is 0.780. The Kier molecular flexibility index (Phi) is 4.76. The Hall–Kier alpha value is -1.14. The molecule has 19 heavy (non-hydrogen) atoms. The number of nitrogens with one attached hydrogen (secondary N) is 1. The maximum Gasteiger partial charge on any atom is 0.253 e. The molecule has 2 rings (SSSR count). The summed E-state index contributed by atoms with van der Waals surface area (Å²) >= 11 is 5.01. The van der Waals surface area contributed by atoms with Gasteiger partial charge < -0.3 is 9.88 Å². The van der Waals surface area contributed by atoms with Gasteiger partial charge in [0.1, 0.15) is 0 Å². The molecule has 2 aromatic rings. The maximum atomic E-state index is 12.0. The van der Waals surface area contributed by atoms with Gasteiger partial charge in [-0.1, -0.05) is 6.92 Å². The number of nitrogens with zero attached hydrogens (tertiary/aromatic N) is 2. The third kappa shape index (κ3) is 3.67. The Bertz CT molecular complexity index is 621. The quantitative estimate of drug-likeness (QED) is 0.907. The van der Waals surface area contributed by atoms with E-state index in [1.54, 1.807) is 15.9 Å². The summed E-state index contributed by atoms with van der Waals surface area (Å²) in [5, 5.41) is 4.16. The first-order chi connectivity index (χ1) is 9.10. The van der Waals surface area contributed by atoms with Gasteiger partial charge in [-0.25, -0.2) is 4.98 Å². The van der Waals surface area contributed by atoms with Crippen LogP contribution in [0.1, 0.15) is 23.8 Å². The molecule has 2 aromatic heterocycles. The van der Waals surface area contributed by atoms with E-state index in [2.05, 4.69) is 33.2 Å². The van der Waals surface area contributed by atoms with E-state index in [-0.39, 0.29) is 5.56 Å². The van der Waals surface area contributed by atoms with Gasteiger partial charge >= 0.3 is 0 Å². The zero-order valence-electron chi connectivity index (χ0n) is 10.9. The van der Waals surface area contributed by atoms with Crippen molar-refractivity contribution < 1.29 is 0 Å². The molecular formula is C13H16BrN3OS. The fraction of sp³-hybridized carbons (Fsp3) is 0.385. The molecule has 0 aliphatic rings. The number of aryl methyl sites for hydroxylation is 1. The number of pyridine rings is 1. The summed E-state index contributed by atoms with van der Waals surface area (Å²) in [4.78, 5) is 17.4. The highest BCUT2D eigenvalue weighted by Crippen LogP contribution is 2.19. The Morgan fingerprint density at radius 2 is 2.32 bits per heavy atom. The van der Waals surface area contributed by atoms with E-state index in [0.717, 1.165) is 33.0 Å². The first-order valence-electron chi connectivity index (χ1n) is 6.15. The average Bonchev–Trinajstić information content (AvgIpc) is 2.80. The lowest BCUT2D eigenvalue weighted by Gasteiger charge is -2.05. The zero-order chi connectivity index (χ0) is 13.8. The zero-order valence-corrected chi connectivity index (χ0v) is 13.3. The lowest BCUT2D eigenvalue weighted by Crippen LogP contribution is -2.21. The lowest BCUT2D eigenvalue weighted by atomic mass is 10.3. The third-order valence-electron chi connectivity index (χ3n) is 2.64. The number of anilines is 1. The Morgan fingerprint density at radius 3 is 3.05 bits per heavy atom. The second-order valence-electron chi connectivity index (χ2n) is 4.33. The van der Waals surface area contributed by atoms with Gasteiger partial charge in [0.05, 0.1) is 6.54 Å². The second kappa shape index (κ2) is 6.34. The Balaban J connectivity index is 2.17. The minimum Gasteiger partial charge on any atom is -0.362 e. The molecule has 0 fully saturated rings. The first kappa shape index (κ1) is 14.3. The first-order valence-corrected chi connectivity index (χ1v) is 7.76. The van der Waals surface area contributed by atoms with Crippen LogP contribution in [0.15, 0.2) is 27.7 Å². The summed E-state index contributed by atoms with van der Waals surface area (Å²) < 4.78 is 2.62. The summed E-state index contributed by atoms with van der Waals surface area (Å²) in [5.74, 6) is 0. The van der Waals surface area contributed by atoms with Crippen molar-refractivity contribution in [2.24, 2.45) is 0 Å². The predicted octanol–water partition coefficient (Wildman–Crippen LogP) is 3.25. The van der Waals surface area contributed by atoms with Crippen molar-refractivity contribution in [2.75, 3.05) is 11.9 Å². The van der Waals surface area contributed by atoms with E-state index in [9.17, 15) is 4.79 Å². The van der Waals surface area contributed by atoms with Crippen molar-refractivity contribution in [3.8, 4) is 0 Å². The van der Waals surface area contributed by atoms with Gasteiger partial charge in [-0.15, -0.1) is 11.3 Å². The van der Waals surface area contributed by atoms with Crippen LogP contribution in [0.2, 0.25) is 0 Å². The normalized spacial score (nSPS) is 10.7. The molecule has 6 heteroatoms. The maximum absolute atomic E-state index is 12.0. The van der Waals surface area contributed by atoms with E-state index in [1.165, 1.54) is 0 Å². The topological polar surface area (TPSA) is 46.9 Å². The van der Waals surface area contributed by atoms with Crippen LogP contribution < -0.4 is 10.9 Å². The Morgan fingerprint density at radius 1 is 1.53 bits per heavy atom. The van der Waals surface area contributed by atoms with Crippen molar-refractivity contribution in [3.05, 3.63) is 43.7 Å². The number of halogens is 1. The second-order valence-corrected chi connectivity index (χ2v) is 6.36. The molecule has 0 radical (unpaired) electrons. The smallest absolute Gasteiger partial charge is 0.253 e. The van der Waals surface area contributed by atoms with Crippen LogP contribution >= 0.6 is 27.3 Å². The number of thiazole rings is 1. The van der Waals surface area contributed by atoms with E-state index in [4.69, 9.17) is 0 Å². The molecule has 0 spiro atoms. The summed E-state index contributed by atoms with van der Waals surface area (Å²) in [6.45, 7) is 5.42. The molecule has 0 unspecified atom stereocenters. The fourth-order valence-corrected chi connectivity index (χ4v) is 3.15. The van der Waals surface area contributed by atoms with Gasteiger partial charge in [0.2, 0.25) is 0 Å². The van der Waals surface area contributed by atoms with Crippen molar-refractivity contribution in [1.29, 1.82) is 0 Å². The van der Waals surface area contributed by atoms with Crippen LogP contribution in [-0.4, -0.2) is 16.1 Å². The van der Waals surface area contributed by atoms with Gasteiger partial charge in [-0.2, -0.15) is 0 Å². The highest BCUT2D eigenvalue weighted by molar-refractivity contribution is 9.10. The molecule has 2 heterocycles. The van der Waals surface area contributed by atoms with Gasteiger partial charge in [0, 0.05) is 33.9 Å². The molecule has 102 valence electrons. The average molecular weight is 342 g/mol. The van der Waals surface area contributed by atoms with Crippen LogP contribution in [0.25, 0.3) is 0 Å².